The van der Waals surface area contributed by atoms with Crippen molar-refractivity contribution >= 4 is 43.4 Å². The molecule has 2 rings (SSSR count). The molecule has 100 valence electrons. The zero-order valence-corrected chi connectivity index (χ0v) is 12.3. The molecule has 0 saturated heterocycles. The van der Waals surface area contributed by atoms with Crippen molar-refractivity contribution in [3.8, 4) is 0 Å². The van der Waals surface area contributed by atoms with Gasteiger partial charge in [-0.2, -0.15) is 13.2 Å². The first kappa shape index (κ1) is 14.3. The fourth-order valence-electron chi connectivity index (χ4n) is 1.28. The van der Waals surface area contributed by atoms with Crippen LogP contribution in [0.25, 0.3) is 0 Å². The third-order valence-corrected chi connectivity index (χ3v) is 3.16. The van der Waals surface area contributed by atoms with Crippen molar-refractivity contribution in [1.29, 1.82) is 0 Å². The van der Waals surface area contributed by atoms with Gasteiger partial charge in [0.05, 0.1) is 16.4 Å². The molecule has 0 aliphatic heterocycles. The van der Waals surface area contributed by atoms with Crippen molar-refractivity contribution in [3.05, 3.63) is 45.2 Å². The standard InChI is InChI=1S/C11H6Br2F3N3/c12-6-3-8(13)10(18-4-6)19-7-1-2-9(17-5-7)11(14,15)16/h1-5H,(H,18,19). The molecule has 2 aromatic heterocycles. The summed E-state index contributed by atoms with van der Waals surface area (Å²) in [5, 5.41) is 2.87. The third kappa shape index (κ3) is 3.66. The first-order chi connectivity index (χ1) is 8.86. The first-order valence-corrected chi connectivity index (χ1v) is 6.56. The molecule has 0 fully saturated rings. The minimum atomic E-state index is -4.44. The van der Waals surface area contributed by atoms with Crippen LogP contribution in [0, 0.1) is 0 Å². The van der Waals surface area contributed by atoms with Crippen LogP contribution in [0.4, 0.5) is 24.7 Å². The van der Waals surface area contributed by atoms with E-state index in [9.17, 15) is 13.2 Å². The monoisotopic (exact) mass is 395 g/mol. The summed E-state index contributed by atoms with van der Waals surface area (Å²) in [7, 11) is 0. The lowest BCUT2D eigenvalue weighted by Gasteiger charge is -2.09. The number of nitrogens with one attached hydrogen (secondary N) is 1. The van der Waals surface area contributed by atoms with Crippen LogP contribution in [0.3, 0.4) is 0 Å². The highest BCUT2D eigenvalue weighted by Crippen LogP contribution is 2.29. The van der Waals surface area contributed by atoms with E-state index in [1.165, 1.54) is 6.07 Å². The summed E-state index contributed by atoms with van der Waals surface area (Å²) in [6.45, 7) is 0. The lowest BCUT2D eigenvalue weighted by atomic mass is 10.3. The van der Waals surface area contributed by atoms with Crippen molar-refractivity contribution < 1.29 is 13.2 Å². The SMILES string of the molecule is FC(F)(F)c1ccc(Nc2ncc(Br)cc2Br)cn1. The van der Waals surface area contributed by atoms with Crippen LogP contribution in [0.1, 0.15) is 5.69 Å². The van der Waals surface area contributed by atoms with E-state index in [1.807, 2.05) is 0 Å². The van der Waals surface area contributed by atoms with Gasteiger partial charge in [-0.3, -0.25) is 0 Å². The van der Waals surface area contributed by atoms with Gasteiger partial charge in [0.1, 0.15) is 11.5 Å². The highest BCUT2D eigenvalue weighted by molar-refractivity contribution is 9.11. The van der Waals surface area contributed by atoms with Gasteiger partial charge in [0.15, 0.2) is 0 Å². The Kier molecular flexibility index (Phi) is 4.10. The molecule has 0 aliphatic rings. The third-order valence-electron chi connectivity index (χ3n) is 2.12. The predicted molar refractivity (Wildman–Crippen MR) is 72.2 cm³/mol. The van der Waals surface area contributed by atoms with Gasteiger partial charge in [0, 0.05) is 10.7 Å². The van der Waals surface area contributed by atoms with Crippen molar-refractivity contribution in [2.75, 3.05) is 5.32 Å². The Morgan fingerprint density at radius 1 is 1.05 bits per heavy atom. The van der Waals surface area contributed by atoms with Gasteiger partial charge in [-0.25, -0.2) is 9.97 Å². The van der Waals surface area contributed by atoms with E-state index >= 15 is 0 Å². The van der Waals surface area contributed by atoms with Gasteiger partial charge >= 0.3 is 6.18 Å². The van der Waals surface area contributed by atoms with Crippen LogP contribution in [0.15, 0.2) is 39.5 Å². The Bertz CT molecular complexity index is 585. The molecule has 0 bridgehead atoms. The average molecular weight is 397 g/mol. The molecular weight excluding hydrogens is 391 g/mol. The highest BCUT2D eigenvalue weighted by atomic mass is 79.9. The number of anilines is 2. The molecule has 19 heavy (non-hydrogen) atoms. The lowest BCUT2D eigenvalue weighted by Crippen LogP contribution is -2.07. The molecule has 0 saturated carbocycles. The minimum Gasteiger partial charge on any atom is -0.338 e. The molecule has 1 N–H and O–H groups in total. The van der Waals surface area contributed by atoms with Gasteiger partial charge in [-0.1, -0.05) is 0 Å². The lowest BCUT2D eigenvalue weighted by molar-refractivity contribution is -0.141. The summed E-state index contributed by atoms with van der Waals surface area (Å²) >= 11 is 6.55. The number of aromatic nitrogens is 2. The Hall–Kier alpha value is -1.15. The number of rotatable bonds is 2. The Balaban J connectivity index is 2.20. The summed E-state index contributed by atoms with van der Waals surface area (Å²) in [6.07, 6.45) is -1.75. The molecule has 8 heteroatoms. The minimum absolute atomic E-state index is 0.420. The number of pyridine rings is 2. The van der Waals surface area contributed by atoms with Gasteiger partial charge in [-0.05, 0) is 50.1 Å². The number of hydrogen-bond donors (Lipinski definition) is 1. The van der Waals surface area contributed by atoms with Gasteiger partial charge in [-0.15, -0.1) is 0 Å². The van der Waals surface area contributed by atoms with Crippen LogP contribution in [-0.4, -0.2) is 9.97 Å². The van der Waals surface area contributed by atoms with Crippen molar-refractivity contribution in [1.82, 2.24) is 9.97 Å². The summed E-state index contributed by atoms with van der Waals surface area (Å²) in [5.41, 5.74) is -0.510. The quantitative estimate of drug-likeness (QED) is 0.794. The number of halogens is 5. The molecule has 0 unspecified atom stereocenters. The smallest absolute Gasteiger partial charge is 0.338 e. The van der Waals surface area contributed by atoms with Crippen molar-refractivity contribution in [2.45, 2.75) is 6.18 Å². The molecule has 3 nitrogen and oxygen atoms in total. The largest absolute Gasteiger partial charge is 0.433 e. The topological polar surface area (TPSA) is 37.8 Å². The van der Waals surface area contributed by atoms with Crippen LogP contribution in [0.2, 0.25) is 0 Å². The van der Waals surface area contributed by atoms with Crippen LogP contribution in [-0.2, 0) is 6.18 Å². The summed E-state index contributed by atoms with van der Waals surface area (Å²) in [5.74, 6) is 0.491. The van der Waals surface area contributed by atoms with E-state index in [0.717, 1.165) is 16.7 Å². The fourth-order valence-corrected chi connectivity index (χ4v) is 2.37. The molecular formula is C11H6Br2F3N3. The zero-order valence-electron chi connectivity index (χ0n) is 9.17. The van der Waals surface area contributed by atoms with E-state index in [0.29, 0.717) is 16.0 Å². The second kappa shape index (κ2) is 5.46. The molecule has 0 aliphatic carbocycles. The molecule has 0 aromatic carbocycles. The summed E-state index contributed by atoms with van der Waals surface area (Å²) < 4.78 is 38.5. The maximum atomic E-state index is 12.3. The van der Waals surface area contributed by atoms with Gasteiger partial charge in [0.2, 0.25) is 0 Å². The second-order valence-electron chi connectivity index (χ2n) is 3.54. The maximum Gasteiger partial charge on any atom is 0.433 e. The molecule has 2 aromatic rings. The zero-order chi connectivity index (χ0) is 14.0. The van der Waals surface area contributed by atoms with Crippen molar-refractivity contribution in [3.63, 3.8) is 0 Å². The fraction of sp³-hybridized carbons (Fsp3) is 0.0909. The summed E-state index contributed by atoms with van der Waals surface area (Å²) in [6, 6.07) is 3.98. The Morgan fingerprint density at radius 3 is 2.32 bits per heavy atom. The Labute approximate surface area is 123 Å². The van der Waals surface area contributed by atoms with Crippen LogP contribution < -0.4 is 5.32 Å². The maximum absolute atomic E-state index is 12.3. The van der Waals surface area contributed by atoms with E-state index in [2.05, 4.69) is 47.1 Å². The Morgan fingerprint density at radius 2 is 1.79 bits per heavy atom. The summed E-state index contributed by atoms with van der Waals surface area (Å²) in [4.78, 5) is 7.44. The van der Waals surface area contributed by atoms with E-state index < -0.39 is 11.9 Å². The van der Waals surface area contributed by atoms with Gasteiger partial charge in [0.25, 0.3) is 0 Å². The van der Waals surface area contributed by atoms with Gasteiger partial charge < -0.3 is 5.32 Å². The van der Waals surface area contributed by atoms with E-state index in [1.54, 1.807) is 12.3 Å². The second-order valence-corrected chi connectivity index (χ2v) is 5.31. The normalized spacial score (nSPS) is 11.4. The number of hydrogen-bond acceptors (Lipinski definition) is 3. The molecule has 0 amide bonds. The molecule has 0 atom stereocenters. The predicted octanol–water partition coefficient (Wildman–Crippen LogP) is 4.76. The molecule has 0 spiro atoms. The van der Waals surface area contributed by atoms with E-state index in [-0.39, 0.29) is 0 Å². The highest BCUT2D eigenvalue weighted by Gasteiger charge is 2.32. The molecule has 0 radical (unpaired) electrons. The first-order valence-electron chi connectivity index (χ1n) is 4.97. The molecule has 2 heterocycles. The van der Waals surface area contributed by atoms with Crippen LogP contribution in [0.5, 0.6) is 0 Å². The average Bonchev–Trinajstić information content (AvgIpc) is 2.32. The number of alkyl halides is 3. The van der Waals surface area contributed by atoms with Crippen LogP contribution >= 0.6 is 31.9 Å². The van der Waals surface area contributed by atoms with Crippen molar-refractivity contribution in [2.24, 2.45) is 0 Å². The number of nitrogens with zero attached hydrogens (tertiary/aromatic N) is 2. The van der Waals surface area contributed by atoms with E-state index in [4.69, 9.17) is 0 Å².